The van der Waals surface area contributed by atoms with Gasteiger partial charge in [0.15, 0.2) is 11.6 Å². The molecule has 60 heavy (non-hydrogen) atoms. The minimum Gasteiger partial charge on any atom is -0.489 e. The molecule has 4 amide bonds. The van der Waals surface area contributed by atoms with E-state index in [0.29, 0.717) is 66.7 Å². The number of anilines is 2. The Morgan fingerprint density at radius 3 is 2.65 bits per heavy atom. The minimum absolute atomic E-state index is 0.0216. The summed E-state index contributed by atoms with van der Waals surface area (Å²) in [6, 6.07) is 9.69. The predicted octanol–water partition coefficient (Wildman–Crippen LogP) is 5.73. The summed E-state index contributed by atoms with van der Waals surface area (Å²) in [4.78, 5) is 60.6. The van der Waals surface area contributed by atoms with Crippen LogP contribution in [-0.4, -0.2) is 105 Å². The first-order valence-electron chi connectivity index (χ1n) is 20.6. The van der Waals surface area contributed by atoms with Gasteiger partial charge in [0.05, 0.1) is 23.9 Å². The molecule has 0 spiro atoms. The summed E-state index contributed by atoms with van der Waals surface area (Å²) in [7, 11) is 0. The number of nitrogen functional groups attached to an aromatic ring is 1. The number of amides is 4. The van der Waals surface area contributed by atoms with Crippen LogP contribution in [-0.2, 0) is 27.3 Å². The molecule has 17 heteroatoms. The fourth-order valence-corrected chi connectivity index (χ4v) is 9.18. The van der Waals surface area contributed by atoms with Crippen molar-refractivity contribution in [3.63, 3.8) is 0 Å². The summed E-state index contributed by atoms with van der Waals surface area (Å²) in [5.41, 5.74) is 10.6. The zero-order valence-electron chi connectivity index (χ0n) is 33.2. The third-order valence-corrected chi connectivity index (χ3v) is 12.8. The molecule has 0 unspecified atom stereocenters. The second kappa shape index (κ2) is 18.2. The van der Waals surface area contributed by atoms with Crippen LogP contribution >= 0.6 is 23.2 Å². The van der Waals surface area contributed by atoms with Gasteiger partial charge in [-0.25, -0.2) is 9.37 Å². The topological polar surface area (TPSA) is 168 Å². The van der Waals surface area contributed by atoms with E-state index in [1.165, 1.54) is 12.1 Å². The molecule has 0 saturated carbocycles. The molecular weight excluding hydrogens is 812 g/mol. The first-order chi connectivity index (χ1) is 29.0. The highest BCUT2D eigenvalue weighted by Gasteiger charge is 2.40. The molecule has 0 aliphatic carbocycles. The Labute approximate surface area is 357 Å². The molecule has 0 radical (unpaired) electrons. The van der Waals surface area contributed by atoms with Crippen LogP contribution in [0.4, 0.5) is 15.9 Å². The smallest absolute Gasteiger partial charge is 0.255 e. The van der Waals surface area contributed by atoms with Crippen molar-refractivity contribution in [3.05, 3.63) is 87.5 Å². The molecule has 6 heterocycles. The summed E-state index contributed by atoms with van der Waals surface area (Å²) in [6.45, 7) is 5.60. The number of halogens is 3. The van der Waals surface area contributed by atoms with Crippen molar-refractivity contribution in [1.29, 1.82) is 0 Å². The first-order valence-corrected chi connectivity index (χ1v) is 21.3. The SMILES string of the molecule is Nc1ncc(-c2cnn(C3CCN(C(=O)CCCCN4CC(CNc5cccc6c5CN([C@@H]5CCC(=O)NC5=O)C6=O)C4)CC3)c2)cc1OCCc1c(Cl)ccc(F)c1Cl. The van der Waals surface area contributed by atoms with E-state index >= 15 is 0 Å². The normalized spacial score (nSPS) is 18.7. The van der Waals surface area contributed by atoms with Gasteiger partial charge in [-0.15, -0.1) is 0 Å². The third-order valence-electron chi connectivity index (χ3n) is 12.1. The number of aromatic nitrogens is 3. The Morgan fingerprint density at radius 2 is 1.85 bits per heavy atom. The Hall–Kier alpha value is -5.25. The summed E-state index contributed by atoms with van der Waals surface area (Å²) in [5.74, 6) is -0.0965. The van der Waals surface area contributed by atoms with Gasteiger partial charge in [0.2, 0.25) is 17.7 Å². The monoisotopic (exact) mass is 859 g/mol. The largest absolute Gasteiger partial charge is 0.489 e. The Bertz CT molecular complexity index is 2280. The summed E-state index contributed by atoms with van der Waals surface area (Å²) in [6.07, 6.45) is 10.3. The van der Waals surface area contributed by atoms with Crippen molar-refractivity contribution in [2.24, 2.45) is 5.92 Å². The number of piperidine rings is 2. The number of fused-ring (bicyclic) bond motifs is 1. The van der Waals surface area contributed by atoms with E-state index in [1.54, 1.807) is 29.4 Å². The van der Waals surface area contributed by atoms with Crippen LogP contribution in [0.5, 0.6) is 5.75 Å². The zero-order chi connectivity index (χ0) is 41.9. The lowest BCUT2D eigenvalue weighted by Crippen LogP contribution is -2.52. The van der Waals surface area contributed by atoms with Crippen molar-refractivity contribution >= 4 is 58.3 Å². The quantitative estimate of drug-likeness (QED) is 0.0763. The molecule has 0 bridgehead atoms. The molecule has 3 saturated heterocycles. The molecule has 2 aromatic carbocycles. The lowest BCUT2D eigenvalue weighted by molar-refractivity contribution is -0.137. The van der Waals surface area contributed by atoms with E-state index in [0.717, 1.165) is 74.2 Å². The number of likely N-dealkylation sites (tertiary alicyclic amines) is 2. The average molecular weight is 861 g/mol. The standard InChI is InChI=1S/C43H48Cl2FN9O5/c44-33-7-8-34(46)40(45)31(33)13-17-60-37-18-27(20-49-41(37)47)28-21-50-55(24-28)29-11-15-53(16-12-29)39(57)6-1-2-14-52-22-26(23-52)19-48-35-5-3-4-30-32(35)25-54(43(30)59)36-9-10-38(56)51-42(36)58/h3-5,7-8,18,20-21,24,26,29,36,48H,1-2,6,9-17,19,22-23,25H2,(H2,47,49)(H,51,56,58)/t36-/m1/s1. The number of carbonyl (C=O) groups is 4. The Kier molecular flexibility index (Phi) is 12.6. The maximum Gasteiger partial charge on any atom is 0.255 e. The van der Waals surface area contributed by atoms with Crippen molar-refractivity contribution in [2.45, 2.75) is 70.0 Å². The van der Waals surface area contributed by atoms with Gasteiger partial charge in [-0.2, -0.15) is 5.10 Å². The molecule has 3 fully saturated rings. The number of unbranched alkanes of at least 4 members (excludes halogenated alkanes) is 1. The highest BCUT2D eigenvalue weighted by atomic mass is 35.5. The maximum atomic E-state index is 13.9. The summed E-state index contributed by atoms with van der Waals surface area (Å²) >= 11 is 12.3. The molecule has 2 aromatic heterocycles. The van der Waals surface area contributed by atoms with Gasteiger partial charge in [-0.3, -0.25) is 29.2 Å². The zero-order valence-corrected chi connectivity index (χ0v) is 34.7. The lowest BCUT2D eigenvalue weighted by Gasteiger charge is -2.39. The van der Waals surface area contributed by atoms with E-state index < -0.39 is 17.8 Å². The van der Waals surface area contributed by atoms with Crippen LogP contribution in [0.15, 0.2) is 55.0 Å². The first kappa shape index (κ1) is 41.5. The van der Waals surface area contributed by atoms with Crippen LogP contribution in [0, 0.1) is 11.7 Å². The molecule has 8 rings (SSSR count). The number of nitrogens with zero attached hydrogens (tertiary/aromatic N) is 6. The van der Waals surface area contributed by atoms with Crippen molar-refractivity contribution in [3.8, 4) is 16.9 Å². The number of hydrogen-bond donors (Lipinski definition) is 3. The number of hydrogen-bond acceptors (Lipinski definition) is 10. The molecule has 4 aromatic rings. The van der Waals surface area contributed by atoms with Crippen molar-refractivity contribution < 1.29 is 28.3 Å². The van der Waals surface area contributed by atoms with Crippen molar-refractivity contribution in [1.82, 2.24) is 34.8 Å². The van der Waals surface area contributed by atoms with Crippen molar-refractivity contribution in [2.75, 3.05) is 56.9 Å². The van der Waals surface area contributed by atoms with Gasteiger partial charge < -0.3 is 30.5 Å². The average Bonchev–Trinajstić information content (AvgIpc) is 3.86. The van der Waals surface area contributed by atoms with Crippen LogP contribution in [0.25, 0.3) is 11.1 Å². The van der Waals surface area contributed by atoms with Gasteiger partial charge in [0.1, 0.15) is 11.9 Å². The number of carbonyl (C=O) groups excluding carboxylic acids is 4. The van der Waals surface area contributed by atoms with Crippen LogP contribution in [0.1, 0.15) is 72.5 Å². The van der Waals surface area contributed by atoms with E-state index in [4.69, 9.17) is 33.7 Å². The van der Waals surface area contributed by atoms with Crippen LogP contribution in [0.3, 0.4) is 0 Å². The summed E-state index contributed by atoms with van der Waals surface area (Å²) < 4.78 is 21.8. The van der Waals surface area contributed by atoms with Crippen LogP contribution < -0.4 is 21.1 Å². The number of rotatable bonds is 15. The maximum absolute atomic E-state index is 13.9. The lowest BCUT2D eigenvalue weighted by atomic mass is 9.99. The molecule has 14 nitrogen and oxygen atoms in total. The van der Waals surface area contributed by atoms with E-state index in [2.05, 4.69) is 25.6 Å². The Morgan fingerprint density at radius 1 is 1.03 bits per heavy atom. The van der Waals surface area contributed by atoms with Crippen LogP contribution in [0.2, 0.25) is 10.0 Å². The minimum atomic E-state index is -0.629. The predicted molar refractivity (Wildman–Crippen MR) is 225 cm³/mol. The number of nitrogens with one attached hydrogen (secondary N) is 2. The molecule has 316 valence electrons. The Balaban J connectivity index is 0.720. The molecule has 4 N–H and O–H groups in total. The van der Waals surface area contributed by atoms with E-state index in [1.807, 2.05) is 27.9 Å². The number of ether oxygens (including phenoxy) is 1. The second-order valence-corrected chi connectivity index (χ2v) is 16.8. The molecule has 1 atom stereocenters. The van der Waals surface area contributed by atoms with Gasteiger partial charge in [0, 0.05) is 110 Å². The van der Waals surface area contributed by atoms with Gasteiger partial charge in [0.25, 0.3) is 5.91 Å². The third kappa shape index (κ3) is 9.08. The van der Waals surface area contributed by atoms with E-state index in [9.17, 15) is 23.6 Å². The highest BCUT2D eigenvalue weighted by molar-refractivity contribution is 6.36. The van der Waals surface area contributed by atoms with Gasteiger partial charge in [-0.05, 0) is 74.5 Å². The number of imide groups is 1. The summed E-state index contributed by atoms with van der Waals surface area (Å²) in [5, 5.41) is 10.9. The molecule has 4 aliphatic rings. The molecule has 4 aliphatic heterocycles. The fourth-order valence-electron chi connectivity index (χ4n) is 8.62. The second-order valence-electron chi connectivity index (χ2n) is 16.0. The number of benzene rings is 2. The molecular formula is C43H48Cl2FN9O5. The highest BCUT2D eigenvalue weighted by Crippen LogP contribution is 2.34. The number of pyridine rings is 1. The fraction of sp³-hybridized carbons (Fsp3) is 0.442. The van der Waals surface area contributed by atoms with E-state index in [-0.39, 0.29) is 47.6 Å². The van der Waals surface area contributed by atoms with Gasteiger partial charge >= 0.3 is 0 Å². The van der Waals surface area contributed by atoms with Gasteiger partial charge in [-0.1, -0.05) is 29.3 Å². The number of nitrogens with two attached hydrogens (primary N) is 1.